The summed E-state index contributed by atoms with van der Waals surface area (Å²) >= 11 is 6.43. The van der Waals surface area contributed by atoms with E-state index >= 15 is 0 Å². The van der Waals surface area contributed by atoms with Crippen molar-refractivity contribution in [1.82, 2.24) is 9.78 Å². The maximum atomic E-state index is 6.55. The molecule has 0 aliphatic rings. The van der Waals surface area contributed by atoms with Crippen LogP contribution in [0.15, 0.2) is 24.3 Å². The third-order valence-electron chi connectivity index (χ3n) is 4.06. The van der Waals surface area contributed by atoms with Gasteiger partial charge in [-0.15, -0.1) is 0 Å². The van der Waals surface area contributed by atoms with Crippen LogP contribution in [0.3, 0.4) is 0 Å². The molecule has 0 fully saturated rings. The molecule has 0 aliphatic heterocycles. The van der Waals surface area contributed by atoms with Gasteiger partial charge in [0.05, 0.1) is 16.4 Å². The number of benzene rings is 1. The van der Waals surface area contributed by atoms with Gasteiger partial charge in [-0.05, 0) is 30.9 Å². The Morgan fingerprint density at radius 1 is 1.19 bits per heavy atom. The highest BCUT2D eigenvalue weighted by molar-refractivity contribution is 6.31. The van der Waals surface area contributed by atoms with Crippen LogP contribution in [-0.2, 0) is 31.8 Å². The number of halogens is 1. The summed E-state index contributed by atoms with van der Waals surface area (Å²) in [4.78, 5) is 0. The highest BCUT2D eigenvalue weighted by Gasteiger charge is 2.26. The van der Waals surface area contributed by atoms with Crippen molar-refractivity contribution in [1.29, 1.82) is 0 Å². The van der Waals surface area contributed by atoms with Gasteiger partial charge in [0.2, 0.25) is 0 Å². The lowest BCUT2D eigenvalue weighted by Gasteiger charge is -2.25. The van der Waals surface area contributed by atoms with E-state index in [0.717, 1.165) is 34.8 Å². The summed E-state index contributed by atoms with van der Waals surface area (Å²) in [5.41, 5.74) is 10.5. The smallest absolute Gasteiger partial charge is 0.0850 e. The average molecular weight is 306 g/mol. The van der Waals surface area contributed by atoms with E-state index in [1.165, 1.54) is 5.56 Å². The Morgan fingerprint density at radius 2 is 1.81 bits per heavy atom. The number of hydrogen-bond donors (Lipinski definition) is 1. The molecule has 1 unspecified atom stereocenters. The van der Waals surface area contributed by atoms with Gasteiger partial charge >= 0.3 is 0 Å². The molecule has 2 rings (SSSR count). The van der Waals surface area contributed by atoms with Crippen LogP contribution in [0, 0.1) is 0 Å². The first kappa shape index (κ1) is 16.1. The topological polar surface area (TPSA) is 43.8 Å². The van der Waals surface area contributed by atoms with Crippen LogP contribution in [0.4, 0.5) is 0 Å². The normalized spacial score (nSPS) is 14.2. The molecular weight excluding hydrogens is 282 g/mol. The SMILES string of the molecule is CCc1ccc(C(C)(N)Cc2c(Cl)c(CC)nn2C)cc1. The predicted molar refractivity (Wildman–Crippen MR) is 88.7 cm³/mol. The highest BCUT2D eigenvalue weighted by atomic mass is 35.5. The Hall–Kier alpha value is -1.32. The molecule has 0 radical (unpaired) electrons. The van der Waals surface area contributed by atoms with Crippen LogP contribution < -0.4 is 5.73 Å². The van der Waals surface area contributed by atoms with E-state index in [1.807, 2.05) is 18.7 Å². The molecule has 0 spiro atoms. The zero-order chi connectivity index (χ0) is 15.6. The monoisotopic (exact) mass is 305 g/mol. The van der Waals surface area contributed by atoms with Crippen LogP contribution in [-0.4, -0.2) is 9.78 Å². The molecule has 1 aromatic carbocycles. The molecular formula is C17H24ClN3. The Balaban J connectivity index is 2.29. The zero-order valence-corrected chi connectivity index (χ0v) is 14.0. The lowest BCUT2D eigenvalue weighted by atomic mass is 9.87. The quantitative estimate of drug-likeness (QED) is 0.917. The molecule has 0 saturated heterocycles. The van der Waals surface area contributed by atoms with E-state index < -0.39 is 5.54 Å². The van der Waals surface area contributed by atoms with Crippen molar-refractivity contribution < 1.29 is 0 Å². The van der Waals surface area contributed by atoms with Gasteiger partial charge in [-0.3, -0.25) is 4.68 Å². The van der Waals surface area contributed by atoms with E-state index in [2.05, 4.69) is 43.2 Å². The molecule has 1 heterocycles. The number of rotatable bonds is 5. The predicted octanol–water partition coefficient (Wildman–Crippen LogP) is 3.61. The summed E-state index contributed by atoms with van der Waals surface area (Å²) in [5, 5.41) is 5.21. The second-order valence-electron chi connectivity index (χ2n) is 5.83. The molecule has 2 aromatic rings. The van der Waals surface area contributed by atoms with Gasteiger partial charge in [0.15, 0.2) is 0 Å². The number of aryl methyl sites for hydroxylation is 3. The molecule has 3 nitrogen and oxygen atoms in total. The fourth-order valence-electron chi connectivity index (χ4n) is 2.58. The first-order valence-electron chi connectivity index (χ1n) is 7.47. The minimum absolute atomic E-state index is 0.464. The second-order valence-corrected chi connectivity index (χ2v) is 6.21. The molecule has 0 bridgehead atoms. The van der Waals surface area contributed by atoms with Crippen molar-refractivity contribution in [2.45, 2.75) is 45.6 Å². The summed E-state index contributed by atoms with van der Waals surface area (Å²) < 4.78 is 1.85. The van der Waals surface area contributed by atoms with Gasteiger partial charge in [0, 0.05) is 19.0 Å². The van der Waals surface area contributed by atoms with Crippen LogP contribution in [0.5, 0.6) is 0 Å². The highest BCUT2D eigenvalue weighted by Crippen LogP contribution is 2.28. The summed E-state index contributed by atoms with van der Waals surface area (Å²) in [6.07, 6.45) is 2.54. The van der Waals surface area contributed by atoms with Crippen molar-refractivity contribution in [2.24, 2.45) is 12.8 Å². The molecule has 2 N–H and O–H groups in total. The fraction of sp³-hybridized carbons (Fsp3) is 0.471. The lowest BCUT2D eigenvalue weighted by Crippen LogP contribution is -2.36. The van der Waals surface area contributed by atoms with Gasteiger partial charge in [-0.2, -0.15) is 5.10 Å². The summed E-state index contributed by atoms with van der Waals surface area (Å²) in [6, 6.07) is 8.51. The van der Waals surface area contributed by atoms with Crippen molar-refractivity contribution in [3.8, 4) is 0 Å². The van der Waals surface area contributed by atoms with Gasteiger partial charge in [-0.1, -0.05) is 49.7 Å². The van der Waals surface area contributed by atoms with Crippen LogP contribution in [0.2, 0.25) is 5.02 Å². The van der Waals surface area contributed by atoms with Crippen molar-refractivity contribution in [3.63, 3.8) is 0 Å². The average Bonchev–Trinajstić information content (AvgIpc) is 2.74. The molecule has 0 aliphatic carbocycles. The number of nitrogens with two attached hydrogens (primary N) is 1. The standard InChI is InChI=1S/C17H24ClN3/c1-5-12-7-9-13(10-8-12)17(3,19)11-15-16(18)14(6-2)20-21(15)4/h7-10H,5-6,11,19H2,1-4H3. The van der Waals surface area contributed by atoms with E-state index in [-0.39, 0.29) is 0 Å². The lowest BCUT2D eigenvalue weighted by molar-refractivity contribution is 0.472. The zero-order valence-electron chi connectivity index (χ0n) is 13.3. The largest absolute Gasteiger partial charge is 0.321 e. The molecule has 4 heteroatoms. The fourth-order valence-corrected chi connectivity index (χ4v) is 2.94. The van der Waals surface area contributed by atoms with E-state index in [1.54, 1.807) is 0 Å². The van der Waals surface area contributed by atoms with E-state index in [4.69, 9.17) is 17.3 Å². The molecule has 0 amide bonds. The maximum Gasteiger partial charge on any atom is 0.0850 e. The first-order valence-corrected chi connectivity index (χ1v) is 7.85. The molecule has 114 valence electrons. The van der Waals surface area contributed by atoms with E-state index in [0.29, 0.717) is 6.42 Å². The van der Waals surface area contributed by atoms with Gasteiger partial charge in [0.25, 0.3) is 0 Å². The first-order chi connectivity index (χ1) is 9.89. The van der Waals surface area contributed by atoms with E-state index in [9.17, 15) is 0 Å². The van der Waals surface area contributed by atoms with Crippen molar-refractivity contribution in [2.75, 3.05) is 0 Å². The molecule has 21 heavy (non-hydrogen) atoms. The number of aromatic nitrogens is 2. The number of hydrogen-bond acceptors (Lipinski definition) is 2. The van der Waals surface area contributed by atoms with Crippen LogP contribution >= 0.6 is 11.6 Å². The summed E-state index contributed by atoms with van der Waals surface area (Å²) in [5.74, 6) is 0. The van der Waals surface area contributed by atoms with Crippen LogP contribution in [0.25, 0.3) is 0 Å². The third kappa shape index (κ3) is 3.30. The minimum atomic E-state index is -0.464. The Labute approximate surface area is 132 Å². The molecule has 0 saturated carbocycles. The Morgan fingerprint density at radius 3 is 2.29 bits per heavy atom. The minimum Gasteiger partial charge on any atom is -0.321 e. The third-order valence-corrected chi connectivity index (χ3v) is 4.50. The van der Waals surface area contributed by atoms with Crippen molar-refractivity contribution >= 4 is 11.6 Å². The van der Waals surface area contributed by atoms with Gasteiger partial charge in [0.1, 0.15) is 0 Å². The molecule has 1 aromatic heterocycles. The van der Waals surface area contributed by atoms with Crippen LogP contribution in [0.1, 0.15) is 43.3 Å². The Bertz CT molecular complexity index is 612. The number of nitrogens with zero attached hydrogens (tertiary/aromatic N) is 2. The summed E-state index contributed by atoms with van der Waals surface area (Å²) in [7, 11) is 1.93. The Kier molecular flexibility index (Phi) is 4.74. The maximum absolute atomic E-state index is 6.55. The van der Waals surface area contributed by atoms with Crippen molar-refractivity contribution in [3.05, 3.63) is 51.8 Å². The van der Waals surface area contributed by atoms with Gasteiger partial charge < -0.3 is 5.73 Å². The summed E-state index contributed by atoms with van der Waals surface area (Å²) in [6.45, 7) is 6.25. The molecule has 1 atom stereocenters. The second kappa shape index (κ2) is 6.20. The van der Waals surface area contributed by atoms with Gasteiger partial charge in [-0.25, -0.2) is 0 Å².